The van der Waals surface area contributed by atoms with E-state index in [0.29, 0.717) is 5.82 Å². The van der Waals surface area contributed by atoms with Crippen LogP contribution >= 0.6 is 0 Å². The molecule has 0 N–H and O–H groups in total. The monoisotopic (exact) mass is 216 g/mol. The van der Waals surface area contributed by atoms with Gasteiger partial charge >= 0.3 is 0 Å². The van der Waals surface area contributed by atoms with Gasteiger partial charge in [0.1, 0.15) is 11.6 Å². The molecule has 0 fully saturated rings. The maximum atomic E-state index is 11.6. The van der Waals surface area contributed by atoms with Crippen molar-refractivity contribution in [2.75, 3.05) is 0 Å². The normalized spacial score (nSPS) is 12.3. The third-order valence-corrected chi connectivity index (χ3v) is 4.29. The number of aryl methyl sites for hydroxylation is 1. The highest BCUT2D eigenvalue weighted by molar-refractivity contribution is 7.91. The van der Waals surface area contributed by atoms with Gasteiger partial charge in [0.25, 0.3) is 0 Å². The minimum Gasteiger partial charge on any atom is -0.334 e. The van der Waals surface area contributed by atoms with Crippen LogP contribution in [0.3, 0.4) is 0 Å². The Balaban J connectivity index is 2.89. The molecule has 0 radical (unpaired) electrons. The lowest BCUT2D eigenvalue weighted by Gasteiger charge is -2.08. The second kappa shape index (κ2) is 4.13. The number of rotatable bonds is 4. The first-order valence-electron chi connectivity index (χ1n) is 4.69. The quantitative estimate of drug-likeness (QED) is 0.760. The van der Waals surface area contributed by atoms with E-state index in [9.17, 15) is 8.42 Å². The third-order valence-electron chi connectivity index (χ3n) is 2.19. The van der Waals surface area contributed by atoms with Crippen LogP contribution in [0.5, 0.6) is 0 Å². The predicted octanol–water partition coefficient (Wildman–Crippen LogP) is 1.23. The summed E-state index contributed by atoms with van der Waals surface area (Å²) in [5.41, 5.74) is 0. The van der Waals surface area contributed by atoms with E-state index in [0.717, 1.165) is 6.54 Å². The Kier molecular flexibility index (Phi) is 3.31. The summed E-state index contributed by atoms with van der Waals surface area (Å²) < 4.78 is 25.1. The minimum atomic E-state index is -3.04. The van der Waals surface area contributed by atoms with Crippen molar-refractivity contribution in [3.63, 3.8) is 0 Å². The Hall–Kier alpha value is -0.840. The first kappa shape index (κ1) is 11.2. The summed E-state index contributed by atoms with van der Waals surface area (Å²) in [6, 6.07) is 0. The fourth-order valence-electron chi connectivity index (χ4n) is 1.11. The van der Waals surface area contributed by atoms with E-state index in [1.165, 1.54) is 0 Å². The molecule has 1 heterocycles. The summed E-state index contributed by atoms with van der Waals surface area (Å²) in [5, 5.41) is -0.343. The zero-order chi connectivity index (χ0) is 10.8. The van der Waals surface area contributed by atoms with E-state index in [2.05, 4.69) is 4.98 Å². The standard InChI is InChI=1S/C9H16N2O2S/c1-4-11-6-5-10-9(11)7-14(12,13)8(2)3/h5-6,8H,4,7H2,1-3H3. The van der Waals surface area contributed by atoms with Gasteiger partial charge in [-0.15, -0.1) is 0 Å². The fourth-order valence-corrected chi connectivity index (χ4v) is 2.05. The van der Waals surface area contributed by atoms with Crippen LogP contribution in [0, 0.1) is 0 Å². The molecule has 5 heteroatoms. The van der Waals surface area contributed by atoms with Gasteiger partial charge in [-0.3, -0.25) is 0 Å². The molecule has 1 aromatic heterocycles. The molecule has 0 aliphatic rings. The molecule has 80 valence electrons. The number of hydrogen-bond donors (Lipinski definition) is 0. The number of imidazole rings is 1. The molecule has 1 aromatic rings. The topological polar surface area (TPSA) is 52.0 Å². The molecule has 4 nitrogen and oxygen atoms in total. The van der Waals surface area contributed by atoms with Gasteiger partial charge in [0, 0.05) is 18.9 Å². The molecule has 0 bridgehead atoms. The van der Waals surface area contributed by atoms with Crippen LogP contribution < -0.4 is 0 Å². The van der Waals surface area contributed by atoms with E-state index in [4.69, 9.17) is 0 Å². The first-order chi connectivity index (χ1) is 6.47. The lowest BCUT2D eigenvalue weighted by molar-refractivity contribution is 0.582. The summed E-state index contributed by atoms with van der Waals surface area (Å²) in [6.45, 7) is 6.10. The van der Waals surface area contributed by atoms with Crippen LogP contribution in [-0.2, 0) is 22.1 Å². The Labute approximate surface area is 84.9 Å². The highest BCUT2D eigenvalue weighted by Gasteiger charge is 2.19. The van der Waals surface area contributed by atoms with Crippen LogP contribution in [0.4, 0.5) is 0 Å². The molecule has 0 saturated carbocycles. The molecule has 0 spiro atoms. The summed E-state index contributed by atoms with van der Waals surface area (Å²) in [7, 11) is -3.04. The lowest BCUT2D eigenvalue weighted by Crippen LogP contribution is -2.18. The van der Waals surface area contributed by atoms with E-state index in [-0.39, 0.29) is 11.0 Å². The summed E-state index contributed by atoms with van der Waals surface area (Å²) in [5.74, 6) is 0.659. The molecule has 0 saturated heterocycles. The van der Waals surface area contributed by atoms with Gasteiger partial charge in [-0.1, -0.05) is 0 Å². The van der Waals surface area contributed by atoms with Crippen LogP contribution in [0.25, 0.3) is 0 Å². The summed E-state index contributed by atoms with van der Waals surface area (Å²) in [6.07, 6.45) is 3.43. The Morgan fingerprint density at radius 2 is 2.14 bits per heavy atom. The van der Waals surface area contributed by atoms with Crippen LogP contribution in [0.15, 0.2) is 12.4 Å². The number of hydrogen-bond acceptors (Lipinski definition) is 3. The number of nitrogens with zero attached hydrogens (tertiary/aromatic N) is 2. The van der Waals surface area contributed by atoms with Gasteiger partial charge in [0.15, 0.2) is 9.84 Å². The summed E-state index contributed by atoms with van der Waals surface area (Å²) >= 11 is 0. The highest BCUT2D eigenvalue weighted by atomic mass is 32.2. The maximum Gasteiger partial charge on any atom is 0.159 e. The van der Waals surface area contributed by atoms with Crippen LogP contribution in [0.1, 0.15) is 26.6 Å². The molecular weight excluding hydrogens is 200 g/mol. The Morgan fingerprint density at radius 1 is 1.50 bits per heavy atom. The van der Waals surface area contributed by atoms with Crippen molar-refractivity contribution in [1.82, 2.24) is 9.55 Å². The lowest BCUT2D eigenvalue weighted by atomic mass is 10.6. The van der Waals surface area contributed by atoms with E-state index < -0.39 is 9.84 Å². The fraction of sp³-hybridized carbons (Fsp3) is 0.667. The average molecular weight is 216 g/mol. The maximum absolute atomic E-state index is 11.6. The van der Waals surface area contributed by atoms with Gasteiger partial charge in [0.05, 0.1) is 5.25 Å². The molecule has 14 heavy (non-hydrogen) atoms. The molecule has 0 aliphatic heterocycles. The van der Waals surface area contributed by atoms with Crippen molar-refractivity contribution in [2.24, 2.45) is 0 Å². The van der Waals surface area contributed by atoms with Gasteiger partial charge in [0.2, 0.25) is 0 Å². The van der Waals surface area contributed by atoms with E-state index in [1.54, 1.807) is 26.2 Å². The second-order valence-corrected chi connectivity index (χ2v) is 6.04. The molecular formula is C9H16N2O2S. The molecule has 0 unspecified atom stereocenters. The molecule has 0 atom stereocenters. The minimum absolute atomic E-state index is 0.0332. The molecule has 0 aromatic carbocycles. The highest BCUT2D eigenvalue weighted by Crippen LogP contribution is 2.09. The SMILES string of the molecule is CCn1ccnc1CS(=O)(=O)C(C)C. The van der Waals surface area contributed by atoms with Gasteiger partial charge in [-0.05, 0) is 20.8 Å². The number of aromatic nitrogens is 2. The molecule has 0 aliphatic carbocycles. The smallest absolute Gasteiger partial charge is 0.159 e. The predicted molar refractivity (Wildman–Crippen MR) is 55.7 cm³/mol. The zero-order valence-electron chi connectivity index (χ0n) is 8.77. The Morgan fingerprint density at radius 3 is 2.64 bits per heavy atom. The second-order valence-electron chi connectivity index (χ2n) is 3.49. The average Bonchev–Trinajstić information content (AvgIpc) is 2.50. The first-order valence-corrected chi connectivity index (χ1v) is 6.40. The van der Waals surface area contributed by atoms with Crippen molar-refractivity contribution >= 4 is 9.84 Å². The van der Waals surface area contributed by atoms with E-state index in [1.807, 2.05) is 11.5 Å². The van der Waals surface area contributed by atoms with Gasteiger partial charge < -0.3 is 4.57 Å². The number of sulfone groups is 1. The molecule has 0 amide bonds. The Bertz CT molecular complexity index is 393. The van der Waals surface area contributed by atoms with Crippen molar-refractivity contribution in [1.29, 1.82) is 0 Å². The van der Waals surface area contributed by atoms with Crippen LogP contribution in [-0.4, -0.2) is 23.2 Å². The van der Waals surface area contributed by atoms with Gasteiger partial charge in [-0.2, -0.15) is 0 Å². The van der Waals surface area contributed by atoms with E-state index >= 15 is 0 Å². The largest absolute Gasteiger partial charge is 0.334 e. The third kappa shape index (κ3) is 2.35. The molecule has 1 rings (SSSR count). The van der Waals surface area contributed by atoms with Crippen molar-refractivity contribution in [3.05, 3.63) is 18.2 Å². The van der Waals surface area contributed by atoms with Gasteiger partial charge in [-0.25, -0.2) is 13.4 Å². The van der Waals surface area contributed by atoms with Crippen molar-refractivity contribution in [3.8, 4) is 0 Å². The van der Waals surface area contributed by atoms with Crippen molar-refractivity contribution in [2.45, 2.75) is 38.3 Å². The summed E-state index contributed by atoms with van der Waals surface area (Å²) in [4.78, 5) is 4.04. The van der Waals surface area contributed by atoms with Crippen LogP contribution in [0.2, 0.25) is 0 Å². The van der Waals surface area contributed by atoms with Crippen molar-refractivity contribution < 1.29 is 8.42 Å². The zero-order valence-corrected chi connectivity index (χ0v) is 9.58.